The molecule has 0 amide bonds. The summed E-state index contributed by atoms with van der Waals surface area (Å²) < 4.78 is 1.80. The van der Waals surface area contributed by atoms with E-state index in [4.69, 9.17) is 0 Å². The van der Waals surface area contributed by atoms with Gasteiger partial charge < -0.3 is 5.32 Å². The van der Waals surface area contributed by atoms with E-state index in [9.17, 15) is 0 Å². The quantitative estimate of drug-likeness (QED) is 0.751. The lowest BCUT2D eigenvalue weighted by Crippen LogP contribution is -2.17. The van der Waals surface area contributed by atoms with E-state index in [0.717, 1.165) is 30.9 Å². The van der Waals surface area contributed by atoms with Crippen LogP contribution < -0.4 is 5.32 Å². The number of aryl methyl sites for hydroxylation is 1. The number of tetrazole rings is 1. The molecule has 108 valence electrons. The fourth-order valence-corrected chi connectivity index (χ4v) is 2.08. The molecule has 0 spiro atoms. The molecule has 0 radical (unpaired) electrons. The summed E-state index contributed by atoms with van der Waals surface area (Å²) in [6, 6.07) is 8.50. The van der Waals surface area contributed by atoms with Gasteiger partial charge in [-0.25, -0.2) is 0 Å². The average molecular weight is 273 g/mol. The third-order valence-electron chi connectivity index (χ3n) is 3.24. The first-order valence-corrected chi connectivity index (χ1v) is 7.42. The molecule has 1 aromatic heterocycles. The highest BCUT2D eigenvalue weighted by atomic mass is 15.5. The SMILES string of the molecule is CCCCc1ccc(-n2nnnc2CNCCC)cc1. The van der Waals surface area contributed by atoms with Gasteiger partial charge in [0, 0.05) is 0 Å². The Morgan fingerprint density at radius 2 is 1.90 bits per heavy atom. The Morgan fingerprint density at radius 3 is 2.60 bits per heavy atom. The van der Waals surface area contributed by atoms with Crippen molar-refractivity contribution in [1.82, 2.24) is 25.5 Å². The lowest BCUT2D eigenvalue weighted by atomic mass is 10.1. The third kappa shape index (κ3) is 3.87. The minimum atomic E-state index is 0.693. The summed E-state index contributed by atoms with van der Waals surface area (Å²) in [7, 11) is 0. The van der Waals surface area contributed by atoms with Crippen LogP contribution in [0.4, 0.5) is 0 Å². The molecule has 1 N–H and O–H groups in total. The van der Waals surface area contributed by atoms with Crippen LogP contribution in [-0.2, 0) is 13.0 Å². The van der Waals surface area contributed by atoms with Gasteiger partial charge in [-0.15, -0.1) is 5.10 Å². The van der Waals surface area contributed by atoms with Crippen molar-refractivity contribution in [3.05, 3.63) is 35.7 Å². The molecule has 0 saturated heterocycles. The Balaban J connectivity index is 2.05. The lowest BCUT2D eigenvalue weighted by Gasteiger charge is -2.06. The fraction of sp³-hybridized carbons (Fsp3) is 0.533. The monoisotopic (exact) mass is 273 g/mol. The zero-order valence-electron chi connectivity index (χ0n) is 12.3. The number of benzene rings is 1. The predicted molar refractivity (Wildman–Crippen MR) is 79.8 cm³/mol. The van der Waals surface area contributed by atoms with Crippen molar-refractivity contribution >= 4 is 0 Å². The number of nitrogens with one attached hydrogen (secondary N) is 1. The van der Waals surface area contributed by atoms with Gasteiger partial charge in [0.05, 0.1) is 12.2 Å². The number of aromatic nitrogens is 4. The molecule has 20 heavy (non-hydrogen) atoms. The highest BCUT2D eigenvalue weighted by Crippen LogP contribution is 2.12. The van der Waals surface area contributed by atoms with Crippen LogP contribution in [0.25, 0.3) is 5.69 Å². The van der Waals surface area contributed by atoms with Crippen LogP contribution in [0.1, 0.15) is 44.5 Å². The van der Waals surface area contributed by atoms with Crippen LogP contribution in [-0.4, -0.2) is 26.8 Å². The van der Waals surface area contributed by atoms with E-state index in [2.05, 4.69) is 59.0 Å². The number of hydrogen-bond acceptors (Lipinski definition) is 4. The molecule has 0 atom stereocenters. The van der Waals surface area contributed by atoms with Crippen molar-refractivity contribution < 1.29 is 0 Å². The van der Waals surface area contributed by atoms with Gasteiger partial charge in [-0.2, -0.15) is 4.68 Å². The number of unbranched alkanes of at least 4 members (excludes halogenated alkanes) is 1. The van der Waals surface area contributed by atoms with Gasteiger partial charge in [0.1, 0.15) is 0 Å². The van der Waals surface area contributed by atoms with Gasteiger partial charge in [-0.05, 0) is 53.9 Å². The zero-order valence-corrected chi connectivity index (χ0v) is 12.3. The summed E-state index contributed by atoms with van der Waals surface area (Å²) in [5.41, 5.74) is 2.39. The highest BCUT2D eigenvalue weighted by molar-refractivity contribution is 5.34. The first kappa shape index (κ1) is 14.7. The van der Waals surface area contributed by atoms with Gasteiger partial charge >= 0.3 is 0 Å². The van der Waals surface area contributed by atoms with Crippen LogP contribution in [0.2, 0.25) is 0 Å². The second-order valence-corrected chi connectivity index (χ2v) is 4.95. The molecule has 0 unspecified atom stereocenters. The Kier molecular flexibility index (Phi) is 5.68. The van der Waals surface area contributed by atoms with E-state index < -0.39 is 0 Å². The molecule has 0 bridgehead atoms. The molecule has 5 nitrogen and oxygen atoms in total. The van der Waals surface area contributed by atoms with Crippen LogP contribution in [0.3, 0.4) is 0 Å². The number of nitrogens with zero attached hydrogens (tertiary/aromatic N) is 4. The minimum absolute atomic E-state index is 0.693. The maximum atomic E-state index is 4.08. The largest absolute Gasteiger partial charge is 0.310 e. The Hall–Kier alpha value is -1.75. The molecular formula is C15H23N5. The van der Waals surface area contributed by atoms with E-state index >= 15 is 0 Å². The smallest absolute Gasteiger partial charge is 0.170 e. The van der Waals surface area contributed by atoms with E-state index in [1.54, 1.807) is 4.68 Å². The van der Waals surface area contributed by atoms with Crippen LogP contribution in [0.15, 0.2) is 24.3 Å². The van der Waals surface area contributed by atoms with E-state index in [0.29, 0.717) is 6.54 Å². The van der Waals surface area contributed by atoms with Gasteiger partial charge in [0.25, 0.3) is 0 Å². The van der Waals surface area contributed by atoms with E-state index in [-0.39, 0.29) is 0 Å². The maximum absolute atomic E-state index is 4.08. The first-order valence-electron chi connectivity index (χ1n) is 7.42. The molecule has 0 aliphatic carbocycles. The summed E-state index contributed by atoms with van der Waals surface area (Å²) in [5, 5.41) is 15.2. The van der Waals surface area contributed by atoms with Crippen molar-refractivity contribution in [3.8, 4) is 5.69 Å². The minimum Gasteiger partial charge on any atom is -0.310 e. The van der Waals surface area contributed by atoms with Crippen molar-refractivity contribution in [1.29, 1.82) is 0 Å². The molecule has 1 aromatic carbocycles. The van der Waals surface area contributed by atoms with Crippen LogP contribution in [0, 0.1) is 0 Å². The standard InChI is InChI=1S/C15H23N5/c1-3-5-6-13-7-9-14(10-8-13)20-15(17-18-19-20)12-16-11-4-2/h7-10,16H,3-6,11-12H2,1-2H3. The molecule has 1 heterocycles. The Bertz CT molecular complexity index is 503. The molecule has 0 fully saturated rings. The number of rotatable bonds is 8. The molecule has 0 aliphatic rings. The summed E-state index contributed by atoms with van der Waals surface area (Å²) in [6.07, 6.45) is 4.70. The third-order valence-corrected chi connectivity index (χ3v) is 3.24. The Labute approximate surface area is 120 Å². The van der Waals surface area contributed by atoms with Gasteiger partial charge in [-0.3, -0.25) is 0 Å². The number of hydrogen-bond donors (Lipinski definition) is 1. The Morgan fingerprint density at radius 1 is 1.10 bits per heavy atom. The van der Waals surface area contributed by atoms with Gasteiger partial charge in [0.15, 0.2) is 5.82 Å². The first-order chi connectivity index (χ1) is 9.85. The molecule has 5 heteroatoms. The summed E-state index contributed by atoms with van der Waals surface area (Å²) >= 11 is 0. The van der Waals surface area contributed by atoms with Crippen LogP contribution >= 0.6 is 0 Å². The van der Waals surface area contributed by atoms with Crippen LogP contribution in [0.5, 0.6) is 0 Å². The molecular weight excluding hydrogens is 250 g/mol. The predicted octanol–water partition coefficient (Wildman–Crippen LogP) is 2.50. The molecule has 2 aromatic rings. The van der Waals surface area contributed by atoms with E-state index in [1.807, 2.05) is 0 Å². The second kappa shape index (κ2) is 7.75. The van der Waals surface area contributed by atoms with E-state index in [1.165, 1.54) is 18.4 Å². The summed E-state index contributed by atoms with van der Waals surface area (Å²) in [6.45, 7) is 6.03. The topological polar surface area (TPSA) is 55.6 Å². The van der Waals surface area contributed by atoms with Gasteiger partial charge in [0.2, 0.25) is 0 Å². The molecule has 2 rings (SSSR count). The zero-order chi connectivity index (χ0) is 14.2. The molecule has 0 saturated carbocycles. The fourth-order valence-electron chi connectivity index (χ4n) is 2.08. The summed E-state index contributed by atoms with van der Waals surface area (Å²) in [5.74, 6) is 0.847. The maximum Gasteiger partial charge on any atom is 0.170 e. The second-order valence-electron chi connectivity index (χ2n) is 4.95. The average Bonchev–Trinajstić information content (AvgIpc) is 2.94. The normalized spacial score (nSPS) is 10.9. The van der Waals surface area contributed by atoms with Crippen molar-refractivity contribution in [2.24, 2.45) is 0 Å². The van der Waals surface area contributed by atoms with Crippen molar-refractivity contribution in [2.75, 3.05) is 6.54 Å². The van der Waals surface area contributed by atoms with Crippen molar-refractivity contribution in [2.45, 2.75) is 46.1 Å². The lowest BCUT2D eigenvalue weighted by molar-refractivity contribution is 0.632. The summed E-state index contributed by atoms with van der Waals surface area (Å²) in [4.78, 5) is 0. The highest BCUT2D eigenvalue weighted by Gasteiger charge is 2.07. The molecule has 0 aliphatic heterocycles. The van der Waals surface area contributed by atoms with Gasteiger partial charge in [-0.1, -0.05) is 32.4 Å². The van der Waals surface area contributed by atoms with Crippen molar-refractivity contribution in [3.63, 3.8) is 0 Å².